The van der Waals surface area contributed by atoms with Crippen molar-refractivity contribution in [1.29, 1.82) is 0 Å². The van der Waals surface area contributed by atoms with Gasteiger partial charge in [0.2, 0.25) is 5.88 Å². The van der Waals surface area contributed by atoms with Gasteiger partial charge in [-0.1, -0.05) is 18.2 Å². The molecule has 76 valence electrons. The van der Waals surface area contributed by atoms with Crippen LogP contribution in [0.25, 0.3) is 0 Å². The summed E-state index contributed by atoms with van der Waals surface area (Å²) in [5.41, 5.74) is 0.733. The second-order valence-corrected chi connectivity index (χ2v) is 3.16. The molecule has 0 amide bonds. The van der Waals surface area contributed by atoms with Crippen molar-refractivity contribution < 1.29 is 4.74 Å². The second-order valence-electron chi connectivity index (χ2n) is 2.89. The maximum atomic E-state index is 5.60. The molecule has 1 heterocycles. The van der Waals surface area contributed by atoms with Crippen LogP contribution in [0.1, 0.15) is 5.69 Å². The number of ether oxygens (including phenoxy) is 1. The predicted octanol–water partition coefficient (Wildman–Crippen LogP) is 3.01. The molecule has 0 aliphatic carbocycles. The molecule has 1 aromatic carbocycles. The summed E-state index contributed by atoms with van der Waals surface area (Å²) in [6.45, 7) is 0. The third kappa shape index (κ3) is 2.67. The van der Waals surface area contributed by atoms with Gasteiger partial charge in [-0.2, -0.15) is 0 Å². The van der Waals surface area contributed by atoms with Gasteiger partial charge in [-0.15, -0.1) is 11.6 Å². The molecule has 0 bridgehead atoms. The van der Waals surface area contributed by atoms with Crippen LogP contribution in [-0.4, -0.2) is 9.97 Å². The minimum atomic E-state index is 0.360. The minimum absolute atomic E-state index is 0.360. The third-order valence-electron chi connectivity index (χ3n) is 1.78. The van der Waals surface area contributed by atoms with Crippen LogP contribution in [0.15, 0.2) is 42.7 Å². The minimum Gasteiger partial charge on any atom is -0.438 e. The number of rotatable bonds is 3. The van der Waals surface area contributed by atoms with E-state index in [0.29, 0.717) is 11.8 Å². The van der Waals surface area contributed by atoms with E-state index in [1.165, 1.54) is 0 Å². The fraction of sp³-hybridized carbons (Fsp3) is 0.0909. The molecule has 0 unspecified atom stereocenters. The highest BCUT2D eigenvalue weighted by Gasteiger charge is 1.98. The average molecular weight is 221 g/mol. The summed E-state index contributed by atoms with van der Waals surface area (Å²) in [6.07, 6.45) is 3.16. The molecule has 0 fully saturated rings. The van der Waals surface area contributed by atoms with Gasteiger partial charge in [0.05, 0.1) is 24.0 Å². The Morgan fingerprint density at radius 2 is 1.87 bits per heavy atom. The SMILES string of the molecule is ClCc1cnc(Oc2ccccc2)cn1. The number of aromatic nitrogens is 2. The Balaban J connectivity index is 2.11. The summed E-state index contributed by atoms with van der Waals surface area (Å²) >= 11 is 5.60. The summed E-state index contributed by atoms with van der Waals surface area (Å²) in [5, 5.41) is 0. The number of para-hydroxylation sites is 1. The first-order valence-corrected chi connectivity index (χ1v) is 5.02. The van der Waals surface area contributed by atoms with Gasteiger partial charge in [0.15, 0.2) is 0 Å². The summed E-state index contributed by atoms with van der Waals surface area (Å²) in [5.74, 6) is 1.57. The van der Waals surface area contributed by atoms with Gasteiger partial charge in [-0.3, -0.25) is 4.98 Å². The van der Waals surface area contributed by atoms with Crippen molar-refractivity contribution >= 4 is 11.6 Å². The molecule has 0 spiro atoms. The monoisotopic (exact) mass is 220 g/mol. The highest BCUT2D eigenvalue weighted by molar-refractivity contribution is 6.16. The molecule has 0 saturated heterocycles. The van der Waals surface area contributed by atoms with Gasteiger partial charge >= 0.3 is 0 Å². The number of alkyl halides is 1. The van der Waals surface area contributed by atoms with Gasteiger partial charge < -0.3 is 4.74 Å². The fourth-order valence-electron chi connectivity index (χ4n) is 1.07. The smallest absolute Gasteiger partial charge is 0.237 e. The number of nitrogens with zero attached hydrogens (tertiary/aromatic N) is 2. The number of benzene rings is 1. The number of hydrogen-bond donors (Lipinski definition) is 0. The van der Waals surface area contributed by atoms with Crippen molar-refractivity contribution in [3.05, 3.63) is 48.4 Å². The highest BCUT2D eigenvalue weighted by Crippen LogP contribution is 2.17. The van der Waals surface area contributed by atoms with Crippen molar-refractivity contribution in [1.82, 2.24) is 9.97 Å². The van der Waals surface area contributed by atoms with E-state index in [0.717, 1.165) is 11.4 Å². The molecule has 3 nitrogen and oxygen atoms in total. The first-order valence-electron chi connectivity index (χ1n) is 4.48. The molecular weight excluding hydrogens is 212 g/mol. The average Bonchev–Trinajstić information content (AvgIpc) is 2.31. The Morgan fingerprint density at radius 3 is 2.47 bits per heavy atom. The summed E-state index contributed by atoms with van der Waals surface area (Å²) in [6, 6.07) is 9.44. The van der Waals surface area contributed by atoms with Crippen molar-refractivity contribution in [2.75, 3.05) is 0 Å². The van der Waals surface area contributed by atoms with Crippen LogP contribution in [0.5, 0.6) is 11.6 Å². The first kappa shape index (κ1) is 9.93. The molecule has 15 heavy (non-hydrogen) atoms. The van der Waals surface area contributed by atoms with Gasteiger partial charge in [-0.05, 0) is 12.1 Å². The third-order valence-corrected chi connectivity index (χ3v) is 2.06. The Hall–Kier alpha value is -1.61. The molecule has 0 N–H and O–H groups in total. The zero-order chi connectivity index (χ0) is 10.5. The largest absolute Gasteiger partial charge is 0.438 e. The van der Waals surface area contributed by atoms with Crippen molar-refractivity contribution in [3.63, 3.8) is 0 Å². The Bertz CT molecular complexity index is 416. The fourth-order valence-corrected chi connectivity index (χ4v) is 1.21. The Kier molecular flexibility index (Phi) is 3.15. The summed E-state index contributed by atoms with van der Waals surface area (Å²) < 4.78 is 5.46. The van der Waals surface area contributed by atoms with Gasteiger partial charge in [0, 0.05) is 0 Å². The highest BCUT2D eigenvalue weighted by atomic mass is 35.5. The molecule has 4 heteroatoms. The lowest BCUT2D eigenvalue weighted by molar-refractivity contribution is 0.459. The molecular formula is C11H9ClN2O. The number of halogens is 1. The van der Waals surface area contributed by atoms with E-state index in [-0.39, 0.29) is 0 Å². The van der Waals surface area contributed by atoms with E-state index < -0.39 is 0 Å². The van der Waals surface area contributed by atoms with Crippen molar-refractivity contribution in [2.24, 2.45) is 0 Å². The lowest BCUT2D eigenvalue weighted by Gasteiger charge is -2.03. The molecule has 0 saturated carbocycles. The van der Waals surface area contributed by atoms with Crippen molar-refractivity contribution in [2.45, 2.75) is 5.88 Å². The van der Waals surface area contributed by atoms with Crippen LogP contribution in [0.4, 0.5) is 0 Å². The zero-order valence-electron chi connectivity index (χ0n) is 7.93. The van der Waals surface area contributed by atoms with Crippen LogP contribution in [-0.2, 0) is 5.88 Å². The quantitative estimate of drug-likeness (QED) is 0.746. The normalized spacial score (nSPS) is 9.93. The van der Waals surface area contributed by atoms with Crippen molar-refractivity contribution in [3.8, 4) is 11.6 Å². The van der Waals surface area contributed by atoms with Gasteiger partial charge in [-0.25, -0.2) is 4.98 Å². The topological polar surface area (TPSA) is 35.0 Å². The molecule has 0 aliphatic heterocycles. The van der Waals surface area contributed by atoms with Gasteiger partial charge in [0.1, 0.15) is 5.75 Å². The second kappa shape index (κ2) is 4.75. The standard InChI is InChI=1S/C11H9ClN2O/c12-6-9-7-14-11(8-13-9)15-10-4-2-1-3-5-10/h1-5,7-8H,6H2. The van der Waals surface area contributed by atoms with Crippen LogP contribution in [0.2, 0.25) is 0 Å². The maximum Gasteiger partial charge on any atom is 0.237 e. The zero-order valence-corrected chi connectivity index (χ0v) is 8.69. The maximum absolute atomic E-state index is 5.60. The predicted molar refractivity (Wildman–Crippen MR) is 58.1 cm³/mol. The molecule has 0 radical (unpaired) electrons. The molecule has 2 rings (SSSR count). The van der Waals surface area contributed by atoms with Crippen LogP contribution < -0.4 is 4.74 Å². The Labute approximate surface area is 92.7 Å². The molecule has 0 atom stereocenters. The molecule has 0 aliphatic rings. The Morgan fingerprint density at radius 1 is 1.07 bits per heavy atom. The van der Waals surface area contributed by atoms with Crippen LogP contribution in [0, 0.1) is 0 Å². The van der Waals surface area contributed by atoms with E-state index in [1.54, 1.807) is 12.4 Å². The van der Waals surface area contributed by atoms with E-state index in [9.17, 15) is 0 Å². The van der Waals surface area contributed by atoms with E-state index >= 15 is 0 Å². The van der Waals surface area contributed by atoms with E-state index in [2.05, 4.69) is 9.97 Å². The summed E-state index contributed by atoms with van der Waals surface area (Å²) in [4.78, 5) is 8.15. The lowest BCUT2D eigenvalue weighted by Crippen LogP contribution is -1.91. The van der Waals surface area contributed by atoms with Gasteiger partial charge in [0.25, 0.3) is 0 Å². The molecule has 2 aromatic rings. The van der Waals surface area contributed by atoms with Crippen LogP contribution >= 0.6 is 11.6 Å². The van der Waals surface area contributed by atoms with E-state index in [4.69, 9.17) is 16.3 Å². The molecule has 1 aromatic heterocycles. The summed E-state index contributed by atoms with van der Waals surface area (Å²) in [7, 11) is 0. The van der Waals surface area contributed by atoms with Crippen LogP contribution in [0.3, 0.4) is 0 Å². The number of hydrogen-bond acceptors (Lipinski definition) is 3. The lowest BCUT2D eigenvalue weighted by atomic mass is 10.3. The van der Waals surface area contributed by atoms with E-state index in [1.807, 2.05) is 30.3 Å². The first-order chi connectivity index (χ1) is 7.38.